The molecule has 0 aliphatic carbocycles. The molecule has 2 N–H and O–H groups in total. The molecule has 1 heterocycles. The number of hydrogen-bond acceptors (Lipinski definition) is 5. The van der Waals surface area contributed by atoms with Gasteiger partial charge in [-0.1, -0.05) is 29.8 Å². The smallest absolute Gasteiger partial charge is 0.275 e. The van der Waals surface area contributed by atoms with Crippen molar-refractivity contribution in [2.45, 2.75) is 13.8 Å². The molecule has 6 nitrogen and oxygen atoms in total. The Hall–Kier alpha value is -3.72. The van der Waals surface area contributed by atoms with E-state index in [-0.39, 0.29) is 11.6 Å². The predicted molar refractivity (Wildman–Crippen MR) is 100 cm³/mol. The average molecular weight is 343 g/mol. The zero-order valence-corrected chi connectivity index (χ0v) is 14.4. The molecule has 1 amide bonds. The SMILES string of the molecule is Cc1ccc(NC(=O)c2cnc(Nc3ccccc3C#N)cn2)c(C)c1. The molecule has 0 aliphatic rings. The molecule has 0 aliphatic heterocycles. The van der Waals surface area contributed by atoms with Crippen molar-refractivity contribution in [1.82, 2.24) is 9.97 Å². The number of hydrogen-bond donors (Lipinski definition) is 2. The second-order valence-corrected chi connectivity index (χ2v) is 5.84. The van der Waals surface area contributed by atoms with Crippen LogP contribution in [0.15, 0.2) is 54.9 Å². The van der Waals surface area contributed by atoms with Gasteiger partial charge < -0.3 is 10.6 Å². The topological polar surface area (TPSA) is 90.7 Å². The largest absolute Gasteiger partial charge is 0.338 e. The lowest BCUT2D eigenvalue weighted by molar-refractivity contribution is 0.102. The Labute approximate surface area is 151 Å². The van der Waals surface area contributed by atoms with E-state index < -0.39 is 0 Å². The molecule has 0 fully saturated rings. The number of benzene rings is 2. The molecule has 0 bridgehead atoms. The summed E-state index contributed by atoms with van der Waals surface area (Å²) >= 11 is 0. The molecule has 0 unspecified atom stereocenters. The summed E-state index contributed by atoms with van der Waals surface area (Å²) in [5.74, 6) is 0.129. The van der Waals surface area contributed by atoms with Gasteiger partial charge in [-0.3, -0.25) is 4.79 Å². The molecule has 0 saturated carbocycles. The van der Waals surface area contributed by atoms with Crippen molar-refractivity contribution in [2.75, 3.05) is 10.6 Å². The van der Waals surface area contributed by atoms with Gasteiger partial charge >= 0.3 is 0 Å². The van der Waals surface area contributed by atoms with Crippen LogP contribution in [-0.2, 0) is 0 Å². The number of carbonyl (C=O) groups excluding carboxylic acids is 1. The third-order valence-corrected chi connectivity index (χ3v) is 3.82. The number of para-hydroxylation sites is 1. The van der Waals surface area contributed by atoms with Gasteiger partial charge in [0.25, 0.3) is 5.91 Å². The first-order valence-electron chi connectivity index (χ1n) is 8.03. The predicted octanol–water partition coefficient (Wildman–Crippen LogP) is 3.96. The van der Waals surface area contributed by atoms with Crippen molar-refractivity contribution in [3.8, 4) is 6.07 Å². The van der Waals surface area contributed by atoms with E-state index in [0.29, 0.717) is 17.1 Å². The summed E-state index contributed by atoms with van der Waals surface area (Å²) in [7, 11) is 0. The average Bonchev–Trinajstić information content (AvgIpc) is 2.65. The molecule has 128 valence electrons. The summed E-state index contributed by atoms with van der Waals surface area (Å²) in [6.07, 6.45) is 2.86. The van der Waals surface area contributed by atoms with Crippen LogP contribution in [0, 0.1) is 25.2 Å². The van der Waals surface area contributed by atoms with Crippen LogP contribution in [-0.4, -0.2) is 15.9 Å². The Morgan fingerprint density at radius 2 is 1.85 bits per heavy atom. The molecule has 6 heteroatoms. The van der Waals surface area contributed by atoms with Crippen LogP contribution in [0.5, 0.6) is 0 Å². The minimum absolute atomic E-state index is 0.212. The van der Waals surface area contributed by atoms with Gasteiger partial charge in [-0.25, -0.2) is 9.97 Å². The number of carbonyl (C=O) groups is 1. The number of aryl methyl sites for hydroxylation is 2. The van der Waals surface area contributed by atoms with Crippen molar-refractivity contribution in [2.24, 2.45) is 0 Å². The van der Waals surface area contributed by atoms with Crippen LogP contribution < -0.4 is 10.6 Å². The molecule has 3 rings (SSSR count). The van der Waals surface area contributed by atoms with E-state index in [0.717, 1.165) is 16.8 Å². The third kappa shape index (κ3) is 3.84. The van der Waals surface area contributed by atoms with Gasteiger partial charge in [0.05, 0.1) is 23.6 Å². The summed E-state index contributed by atoms with van der Waals surface area (Å²) in [5.41, 5.74) is 4.21. The summed E-state index contributed by atoms with van der Waals surface area (Å²) in [6, 6.07) is 15.0. The molecule has 0 spiro atoms. The quantitative estimate of drug-likeness (QED) is 0.748. The van der Waals surface area contributed by atoms with Crippen molar-refractivity contribution >= 4 is 23.1 Å². The monoisotopic (exact) mass is 343 g/mol. The summed E-state index contributed by atoms with van der Waals surface area (Å²) in [5, 5.41) is 15.0. The highest BCUT2D eigenvalue weighted by molar-refractivity contribution is 6.03. The fourth-order valence-electron chi connectivity index (χ4n) is 2.48. The summed E-state index contributed by atoms with van der Waals surface area (Å²) in [6.45, 7) is 3.94. The Kier molecular flexibility index (Phi) is 4.90. The maximum Gasteiger partial charge on any atom is 0.275 e. The fourth-order valence-corrected chi connectivity index (χ4v) is 2.48. The zero-order valence-electron chi connectivity index (χ0n) is 14.4. The first-order chi connectivity index (χ1) is 12.6. The lowest BCUT2D eigenvalue weighted by Gasteiger charge is -2.09. The van der Waals surface area contributed by atoms with E-state index in [1.807, 2.05) is 38.1 Å². The van der Waals surface area contributed by atoms with E-state index in [1.165, 1.54) is 12.4 Å². The molecule has 0 radical (unpaired) electrons. The lowest BCUT2D eigenvalue weighted by atomic mass is 10.1. The second kappa shape index (κ2) is 7.45. The van der Waals surface area contributed by atoms with Gasteiger partial charge in [-0.05, 0) is 37.6 Å². The molecule has 2 aromatic carbocycles. The van der Waals surface area contributed by atoms with Crippen LogP contribution in [0.3, 0.4) is 0 Å². The van der Waals surface area contributed by atoms with Crippen LogP contribution in [0.2, 0.25) is 0 Å². The first-order valence-corrected chi connectivity index (χ1v) is 8.03. The van der Waals surface area contributed by atoms with Gasteiger partial charge in [0, 0.05) is 5.69 Å². The highest BCUT2D eigenvalue weighted by atomic mass is 16.1. The molecular weight excluding hydrogens is 326 g/mol. The number of nitriles is 1. The number of anilines is 3. The van der Waals surface area contributed by atoms with Crippen molar-refractivity contribution < 1.29 is 4.79 Å². The third-order valence-electron chi connectivity index (χ3n) is 3.82. The van der Waals surface area contributed by atoms with Crippen molar-refractivity contribution in [3.63, 3.8) is 0 Å². The Morgan fingerprint density at radius 3 is 2.54 bits per heavy atom. The number of nitrogens with one attached hydrogen (secondary N) is 2. The van der Waals surface area contributed by atoms with Gasteiger partial charge in [-0.2, -0.15) is 5.26 Å². The Morgan fingerprint density at radius 1 is 1.04 bits per heavy atom. The van der Waals surface area contributed by atoms with E-state index in [2.05, 4.69) is 26.7 Å². The zero-order chi connectivity index (χ0) is 18.5. The first kappa shape index (κ1) is 17.1. The highest BCUT2D eigenvalue weighted by Crippen LogP contribution is 2.19. The molecule has 0 saturated heterocycles. The van der Waals surface area contributed by atoms with E-state index in [1.54, 1.807) is 18.2 Å². The fraction of sp³-hybridized carbons (Fsp3) is 0.100. The van der Waals surface area contributed by atoms with Crippen molar-refractivity contribution in [1.29, 1.82) is 5.26 Å². The standard InChI is InChI=1S/C20H17N5O/c1-13-7-8-16(14(2)9-13)25-20(26)18-11-23-19(12-22-18)24-17-6-4-3-5-15(17)10-21/h3-9,11-12H,1-2H3,(H,23,24)(H,25,26). The minimum Gasteiger partial charge on any atom is -0.338 e. The summed E-state index contributed by atoms with van der Waals surface area (Å²) < 4.78 is 0. The van der Waals surface area contributed by atoms with Crippen LogP contribution >= 0.6 is 0 Å². The number of aromatic nitrogens is 2. The van der Waals surface area contributed by atoms with Gasteiger partial charge in [-0.15, -0.1) is 0 Å². The molecule has 0 atom stereocenters. The lowest BCUT2D eigenvalue weighted by Crippen LogP contribution is -2.15. The molecule has 3 aromatic rings. The highest BCUT2D eigenvalue weighted by Gasteiger charge is 2.10. The van der Waals surface area contributed by atoms with Crippen LogP contribution in [0.25, 0.3) is 0 Å². The van der Waals surface area contributed by atoms with Gasteiger partial charge in [0.1, 0.15) is 17.6 Å². The number of rotatable bonds is 4. The molecule has 1 aromatic heterocycles. The van der Waals surface area contributed by atoms with E-state index in [4.69, 9.17) is 5.26 Å². The van der Waals surface area contributed by atoms with Crippen LogP contribution in [0.1, 0.15) is 27.2 Å². The maximum absolute atomic E-state index is 12.3. The van der Waals surface area contributed by atoms with Crippen molar-refractivity contribution in [3.05, 3.63) is 77.2 Å². The van der Waals surface area contributed by atoms with E-state index in [9.17, 15) is 4.79 Å². The summed E-state index contributed by atoms with van der Waals surface area (Å²) in [4.78, 5) is 20.7. The minimum atomic E-state index is -0.326. The molecule has 26 heavy (non-hydrogen) atoms. The number of amides is 1. The van der Waals surface area contributed by atoms with Gasteiger partial charge in [0.15, 0.2) is 0 Å². The number of nitrogens with zero attached hydrogens (tertiary/aromatic N) is 3. The Balaban J connectivity index is 1.73. The van der Waals surface area contributed by atoms with Crippen LogP contribution in [0.4, 0.5) is 17.2 Å². The maximum atomic E-state index is 12.3. The normalized spacial score (nSPS) is 10.0. The molecular formula is C20H17N5O. The second-order valence-electron chi connectivity index (χ2n) is 5.84. The van der Waals surface area contributed by atoms with Gasteiger partial charge in [0.2, 0.25) is 0 Å². The Bertz CT molecular complexity index is 990. The van der Waals surface area contributed by atoms with E-state index >= 15 is 0 Å².